The number of carbonyl (C=O) groups excluding carboxylic acids is 2. The molecule has 0 radical (unpaired) electrons. The quantitative estimate of drug-likeness (QED) is 0.680. The summed E-state index contributed by atoms with van der Waals surface area (Å²) < 4.78 is 28.5. The molecule has 2 aliphatic carbocycles. The third kappa shape index (κ3) is 5.01. The van der Waals surface area contributed by atoms with Crippen molar-refractivity contribution in [3.05, 3.63) is 23.8 Å². The zero-order chi connectivity index (χ0) is 22.9. The predicted molar refractivity (Wildman–Crippen MR) is 124 cm³/mol. The lowest BCUT2D eigenvalue weighted by Crippen LogP contribution is -2.39. The van der Waals surface area contributed by atoms with Gasteiger partial charge in [0.2, 0.25) is 21.8 Å². The molecule has 0 bridgehead atoms. The van der Waals surface area contributed by atoms with Crippen LogP contribution in [-0.2, 0) is 26.0 Å². The highest BCUT2D eigenvalue weighted by Crippen LogP contribution is 2.34. The molecule has 2 fully saturated rings. The summed E-state index contributed by atoms with van der Waals surface area (Å²) in [5.41, 5.74) is 1.70. The van der Waals surface area contributed by atoms with Gasteiger partial charge in [0, 0.05) is 37.2 Å². The van der Waals surface area contributed by atoms with Crippen LogP contribution in [0.15, 0.2) is 23.1 Å². The topological polar surface area (TPSA) is 95.6 Å². The number of rotatable bonds is 6. The second-order valence-corrected chi connectivity index (χ2v) is 11.6. The fourth-order valence-electron chi connectivity index (χ4n) is 5.58. The Hall–Kier alpha value is -1.93. The van der Waals surface area contributed by atoms with Gasteiger partial charge in [-0.05, 0) is 81.5 Å². The van der Waals surface area contributed by atoms with Gasteiger partial charge < -0.3 is 10.2 Å². The second kappa shape index (κ2) is 9.51. The third-order valence-electron chi connectivity index (χ3n) is 7.40. The first-order valence-electron chi connectivity index (χ1n) is 12.0. The minimum Gasteiger partial charge on any atom is -0.353 e. The largest absolute Gasteiger partial charge is 0.353 e. The summed E-state index contributed by atoms with van der Waals surface area (Å²) in [7, 11) is -3.61. The van der Waals surface area contributed by atoms with Crippen LogP contribution in [0.5, 0.6) is 0 Å². The van der Waals surface area contributed by atoms with Crippen LogP contribution in [-0.4, -0.2) is 38.9 Å². The monoisotopic (exact) mass is 461 g/mol. The number of anilines is 1. The van der Waals surface area contributed by atoms with Gasteiger partial charge in [-0.1, -0.05) is 12.8 Å². The van der Waals surface area contributed by atoms with E-state index in [1.54, 1.807) is 23.1 Å². The maximum atomic E-state index is 12.9. The summed E-state index contributed by atoms with van der Waals surface area (Å²) in [6.07, 6.45) is 8.62. The fourth-order valence-corrected chi connectivity index (χ4v) is 6.75. The summed E-state index contributed by atoms with van der Waals surface area (Å²) in [6.45, 7) is 3.90. The zero-order valence-electron chi connectivity index (χ0n) is 19.1. The Bertz CT molecular complexity index is 963. The van der Waals surface area contributed by atoms with E-state index in [0.717, 1.165) is 49.8 Å². The van der Waals surface area contributed by atoms with Gasteiger partial charge in [0.1, 0.15) is 0 Å². The Morgan fingerprint density at radius 3 is 2.41 bits per heavy atom. The number of amides is 2. The van der Waals surface area contributed by atoms with Crippen LogP contribution >= 0.6 is 0 Å². The number of nitrogens with one attached hydrogen (secondary N) is 2. The van der Waals surface area contributed by atoms with E-state index in [4.69, 9.17) is 0 Å². The Morgan fingerprint density at radius 1 is 1.06 bits per heavy atom. The molecule has 176 valence electrons. The molecule has 1 heterocycles. The molecule has 1 aromatic rings. The van der Waals surface area contributed by atoms with Gasteiger partial charge in [0.15, 0.2) is 0 Å². The molecule has 1 atom stereocenters. The van der Waals surface area contributed by atoms with Gasteiger partial charge in [-0.15, -0.1) is 0 Å². The molecule has 4 rings (SSSR count). The van der Waals surface area contributed by atoms with E-state index in [9.17, 15) is 18.0 Å². The van der Waals surface area contributed by atoms with Crippen molar-refractivity contribution in [2.24, 2.45) is 11.8 Å². The van der Waals surface area contributed by atoms with E-state index in [0.29, 0.717) is 19.0 Å². The molecule has 7 nitrogen and oxygen atoms in total. The van der Waals surface area contributed by atoms with E-state index in [1.807, 2.05) is 6.92 Å². The number of hydrogen-bond donors (Lipinski definition) is 2. The summed E-state index contributed by atoms with van der Waals surface area (Å²) in [5.74, 6) is 0.467. The lowest BCUT2D eigenvalue weighted by molar-refractivity contribution is -0.127. The van der Waals surface area contributed by atoms with E-state index >= 15 is 0 Å². The molecule has 0 spiro atoms. The van der Waals surface area contributed by atoms with Gasteiger partial charge in [-0.2, -0.15) is 0 Å². The molecule has 2 amide bonds. The van der Waals surface area contributed by atoms with Crippen molar-refractivity contribution in [3.63, 3.8) is 0 Å². The lowest BCUT2D eigenvalue weighted by atomic mass is 9.81. The van der Waals surface area contributed by atoms with E-state index < -0.39 is 10.0 Å². The van der Waals surface area contributed by atoms with Gasteiger partial charge in [0.25, 0.3) is 0 Å². The highest BCUT2D eigenvalue weighted by molar-refractivity contribution is 7.89. The highest BCUT2D eigenvalue weighted by atomic mass is 32.2. The lowest BCUT2D eigenvalue weighted by Gasteiger charge is -2.28. The summed E-state index contributed by atoms with van der Waals surface area (Å²) in [5, 5.41) is 3.20. The summed E-state index contributed by atoms with van der Waals surface area (Å²) in [6, 6.07) is 5.41. The molecule has 0 unspecified atom stereocenters. The highest BCUT2D eigenvalue weighted by Gasteiger charge is 2.31. The number of benzene rings is 1. The first kappa shape index (κ1) is 23.2. The first-order valence-corrected chi connectivity index (χ1v) is 13.5. The average molecular weight is 462 g/mol. The van der Waals surface area contributed by atoms with Crippen molar-refractivity contribution >= 4 is 27.5 Å². The van der Waals surface area contributed by atoms with Crippen molar-refractivity contribution in [2.75, 3.05) is 11.4 Å². The van der Waals surface area contributed by atoms with Crippen LogP contribution in [0.25, 0.3) is 0 Å². The van der Waals surface area contributed by atoms with Crippen molar-refractivity contribution < 1.29 is 18.0 Å². The Balaban J connectivity index is 1.29. The SMILES string of the molecule is CC(=O)N1c2ccc(S(=O)(=O)NCC3CCC(C(=O)NC4CCCC4)CC3)cc2C[C@H]1C. The number of fused-ring (bicyclic) bond motifs is 1. The van der Waals surface area contributed by atoms with Crippen LogP contribution in [0.3, 0.4) is 0 Å². The molecular formula is C24H35N3O4S. The molecule has 1 aromatic carbocycles. The molecule has 0 saturated heterocycles. The third-order valence-corrected chi connectivity index (χ3v) is 8.82. The molecule has 32 heavy (non-hydrogen) atoms. The Kier molecular flexibility index (Phi) is 6.91. The van der Waals surface area contributed by atoms with Crippen molar-refractivity contribution in [1.82, 2.24) is 10.0 Å². The van der Waals surface area contributed by atoms with E-state index in [-0.39, 0.29) is 34.6 Å². The standard InChI is InChI=1S/C24H35N3O4S/c1-16-13-20-14-22(11-12-23(20)27(16)17(2)28)32(30,31)25-15-18-7-9-19(10-8-18)24(29)26-21-5-3-4-6-21/h11-12,14,16,18-19,21,25H,3-10,13,15H2,1-2H3,(H,26,29)/t16-,18?,19?/m1/s1. The Morgan fingerprint density at radius 2 is 1.75 bits per heavy atom. The molecule has 1 aliphatic heterocycles. The van der Waals surface area contributed by atoms with Crippen LogP contribution in [0.2, 0.25) is 0 Å². The smallest absolute Gasteiger partial charge is 0.240 e. The van der Waals surface area contributed by atoms with Crippen LogP contribution in [0.4, 0.5) is 5.69 Å². The molecule has 2 N–H and O–H groups in total. The van der Waals surface area contributed by atoms with E-state index in [2.05, 4.69) is 10.0 Å². The molecular weight excluding hydrogens is 426 g/mol. The van der Waals surface area contributed by atoms with Crippen LogP contribution in [0, 0.1) is 11.8 Å². The Labute approximate surface area is 191 Å². The molecule has 8 heteroatoms. The van der Waals surface area contributed by atoms with E-state index in [1.165, 1.54) is 19.8 Å². The first-order chi connectivity index (χ1) is 15.2. The maximum absolute atomic E-state index is 12.9. The summed E-state index contributed by atoms with van der Waals surface area (Å²) >= 11 is 0. The van der Waals surface area contributed by atoms with Crippen molar-refractivity contribution in [1.29, 1.82) is 0 Å². The number of nitrogens with zero attached hydrogens (tertiary/aromatic N) is 1. The second-order valence-electron chi connectivity index (χ2n) is 9.79. The molecule has 0 aromatic heterocycles. The van der Waals surface area contributed by atoms with Gasteiger partial charge in [0.05, 0.1) is 4.90 Å². The predicted octanol–water partition coefficient (Wildman–Crippen LogP) is 3.13. The van der Waals surface area contributed by atoms with Crippen molar-refractivity contribution in [3.8, 4) is 0 Å². The minimum atomic E-state index is -3.61. The van der Waals surface area contributed by atoms with Gasteiger partial charge in [-0.25, -0.2) is 13.1 Å². The number of sulfonamides is 1. The fraction of sp³-hybridized carbons (Fsp3) is 0.667. The number of hydrogen-bond acceptors (Lipinski definition) is 4. The number of carbonyl (C=O) groups is 2. The minimum absolute atomic E-state index is 0.0301. The van der Waals surface area contributed by atoms with Crippen LogP contribution < -0.4 is 14.9 Å². The van der Waals surface area contributed by atoms with Gasteiger partial charge >= 0.3 is 0 Å². The average Bonchev–Trinajstić information content (AvgIpc) is 3.38. The zero-order valence-corrected chi connectivity index (χ0v) is 19.9. The molecule has 3 aliphatic rings. The van der Waals surface area contributed by atoms with Crippen LogP contribution in [0.1, 0.15) is 70.8 Å². The van der Waals surface area contributed by atoms with Crippen molar-refractivity contribution in [2.45, 2.75) is 88.6 Å². The molecule has 2 saturated carbocycles. The maximum Gasteiger partial charge on any atom is 0.240 e. The van der Waals surface area contributed by atoms with Gasteiger partial charge in [-0.3, -0.25) is 9.59 Å². The summed E-state index contributed by atoms with van der Waals surface area (Å²) in [4.78, 5) is 26.4. The normalized spacial score (nSPS) is 26.2.